The van der Waals surface area contributed by atoms with E-state index in [0.29, 0.717) is 19.5 Å². The molecule has 148 valence electrons. The summed E-state index contributed by atoms with van der Waals surface area (Å²) in [6.45, 7) is 0.712. The van der Waals surface area contributed by atoms with Gasteiger partial charge in [0.2, 0.25) is 16.0 Å². The lowest BCUT2D eigenvalue weighted by atomic mass is 9.78. The Bertz CT molecular complexity index is 1040. The normalized spacial score (nSPS) is 22.2. The largest absolute Gasteiger partial charge is 0.465 e. The van der Waals surface area contributed by atoms with Gasteiger partial charge >= 0.3 is 5.97 Å². The van der Waals surface area contributed by atoms with Crippen LogP contribution in [-0.2, 0) is 26.6 Å². The van der Waals surface area contributed by atoms with Gasteiger partial charge < -0.3 is 10.5 Å². The number of rotatable bonds is 3. The Morgan fingerprint density at radius 1 is 1.29 bits per heavy atom. The zero-order valence-electron chi connectivity index (χ0n) is 15.6. The van der Waals surface area contributed by atoms with Crippen molar-refractivity contribution in [3.8, 4) is 0 Å². The minimum Gasteiger partial charge on any atom is -0.465 e. The predicted molar refractivity (Wildman–Crippen MR) is 102 cm³/mol. The molecule has 8 nitrogen and oxygen atoms in total. The Morgan fingerprint density at radius 2 is 2.07 bits per heavy atom. The van der Waals surface area contributed by atoms with Crippen LogP contribution in [0.15, 0.2) is 35.4 Å². The van der Waals surface area contributed by atoms with E-state index in [1.54, 1.807) is 18.3 Å². The summed E-state index contributed by atoms with van der Waals surface area (Å²) >= 11 is 0. The van der Waals surface area contributed by atoms with Crippen LogP contribution in [0.1, 0.15) is 40.9 Å². The zero-order chi connectivity index (χ0) is 19.9. The number of aryl methyl sites for hydroxylation is 1. The highest BCUT2D eigenvalue weighted by molar-refractivity contribution is 7.89. The van der Waals surface area contributed by atoms with Gasteiger partial charge in [0, 0.05) is 24.7 Å². The maximum Gasteiger partial charge on any atom is 0.339 e. The summed E-state index contributed by atoms with van der Waals surface area (Å²) in [5.74, 6) is -0.464. The van der Waals surface area contributed by atoms with Crippen molar-refractivity contribution in [1.82, 2.24) is 14.3 Å². The lowest BCUT2D eigenvalue weighted by molar-refractivity contribution is 0.0596. The molecular weight excluding hydrogens is 380 g/mol. The number of ether oxygens (including phenoxy) is 1. The Hall–Kier alpha value is -2.52. The number of nitrogen functional groups attached to an aromatic ring is 1. The molecule has 1 aromatic carbocycles. The smallest absolute Gasteiger partial charge is 0.339 e. The van der Waals surface area contributed by atoms with E-state index < -0.39 is 16.0 Å². The summed E-state index contributed by atoms with van der Waals surface area (Å²) < 4.78 is 33.0. The molecule has 1 spiro atoms. The van der Waals surface area contributed by atoms with Gasteiger partial charge in [0.05, 0.1) is 23.3 Å². The number of hydrogen-bond donors (Lipinski definition) is 1. The average molecular weight is 402 g/mol. The number of carbonyl (C=O) groups excluding carboxylic acids is 1. The molecule has 1 unspecified atom stereocenters. The number of nitrogens with zero attached hydrogens (tertiary/aromatic N) is 3. The van der Waals surface area contributed by atoms with Crippen LogP contribution in [0.5, 0.6) is 0 Å². The third-order valence-corrected chi connectivity index (χ3v) is 7.61. The number of hydrogen-bond acceptors (Lipinski definition) is 7. The van der Waals surface area contributed by atoms with E-state index in [2.05, 4.69) is 9.97 Å². The molecule has 1 saturated heterocycles. The van der Waals surface area contributed by atoms with Crippen LogP contribution in [0.2, 0.25) is 0 Å². The molecule has 1 aliphatic heterocycles. The Balaban J connectivity index is 1.72. The number of piperidine rings is 1. The van der Waals surface area contributed by atoms with Crippen molar-refractivity contribution in [3.05, 3.63) is 47.3 Å². The molecular formula is C19H22N4O4S. The Kier molecular flexibility index (Phi) is 4.59. The molecule has 2 N–H and O–H groups in total. The first-order valence-corrected chi connectivity index (χ1v) is 10.6. The Morgan fingerprint density at radius 3 is 2.86 bits per heavy atom. The maximum atomic E-state index is 13.4. The van der Waals surface area contributed by atoms with Gasteiger partial charge in [0.15, 0.2) is 0 Å². The fourth-order valence-corrected chi connectivity index (χ4v) is 6.10. The molecule has 0 saturated carbocycles. The highest BCUT2D eigenvalue weighted by atomic mass is 32.2. The van der Waals surface area contributed by atoms with Crippen LogP contribution in [0.25, 0.3) is 0 Å². The molecule has 2 aliphatic rings. The van der Waals surface area contributed by atoms with Crippen molar-refractivity contribution < 1.29 is 17.9 Å². The molecule has 2 heterocycles. The van der Waals surface area contributed by atoms with Crippen LogP contribution in [-0.4, -0.2) is 48.9 Å². The number of methoxy groups -OCH3 is 1. The van der Waals surface area contributed by atoms with Crippen molar-refractivity contribution in [2.45, 2.75) is 36.0 Å². The van der Waals surface area contributed by atoms with Gasteiger partial charge in [-0.2, -0.15) is 4.31 Å². The van der Waals surface area contributed by atoms with Crippen molar-refractivity contribution in [2.75, 3.05) is 25.9 Å². The minimum atomic E-state index is -3.87. The number of aromatic nitrogens is 2. The maximum absolute atomic E-state index is 13.4. The van der Waals surface area contributed by atoms with Gasteiger partial charge in [0.1, 0.15) is 0 Å². The second-order valence-corrected chi connectivity index (χ2v) is 9.22. The van der Waals surface area contributed by atoms with Crippen molar-refractivity contribution in [2.24, 2.45) is 0 Å². The first-order chi connectivity index (χ1) is 13.4. The average Bonchev–Trinajstić information content (AvgIpc) is 3.04. The summed E-state index contributed by atoms with van der Waals surface area (Å²) in [6.07, 6.45) is 4.92. The summed E-state index contributed by atoms with van der Waals surface area (Å²) in [5.41, 5.74) is 7.37. The van der Waals surface area contributed by atoms with Crippen LogP contribution in [0.3, 0.4) is 0 Å². The number of nitrogens with two attached hydrogens (primary N) is 1. The highest BCUT2D eigenvalue weighted by Crippen LogP contribution is 2.45. The molecule has 9 heteroatoms. The van der Waals surface area contributed by atoms with Crippen molar-refractivity contribution >= 4 is 21.9 Å². The molecule has 1 atom stereocenters. The standard InChI is InChI=1S/C19H22N4O4S/c1-27-17(24)14-5-2-3-6-15(14)28(25,26)23-10-4-8-19(12-23)9-7-13-11-21-18(20)22-16(13)19/h2-3,5-6,11H,4,7-10,12H2,1H3,(H2,20,21,22). The van der Waals surface area contributed by atoms with Gasteiger partial charge in [-0.1, -0.05) is 12.1 Å². The number of sulfonamides is 1. The molecule has 1 aliphatic carbocycles. The van der Waals surface area contributed by atoms with E-state index in [-0.39, 0.29) is 21.8 Å². The molecule has 2 aromatic rings. The number of benzene rings is 1. The summed E-state index contributed by atoms with van der Waals surface area (Å²) in [4.78, 5) is 20.6. The topological polar surface area (TPSA) is 115 Å². The molecule has 0 radical (unpaired) electrons. The van der Waals surface area contributed by atoms with Gasteiger partial charge in [-0.25, -0.2) is 23.2 Å². The predicted octanol–water partition coefficient (Wildman–Crippen LogP) is 1.51. The van der Waals surface area contributed by atoms with Gasteiger partial charge in [0.25, 0.3) is 0 Å². The van der Waals surface area contributed by atoms with Crippen LogP contribution >= 0.6 is 0 Å². The van der Waals surface area contributed by atoms with Crippen LogP contribution < -0.4 is 5.73 Å². The van der Waals surface area contributed by atoms with E-state index in [1.165, 1.54) is 23.5 Å². The second kappa shape index (κ2) is 6.82. The lowest BCUT2D eigenvalue weighted by Crippen LogP contribution is -2.48. The molecule has 0 bridgehead atoms. The molecule has 0 amide bonds. The summed E-state index contributed by atoms with van der Waals surface area (Å²) in [5, 5.41) is 0. The SMILES string of the molecule is COC(=O)c1ccccc1S(=O)(=O)N1CCCC2(CCc3cnc(N)nc32)C1. The molecule has 28 heavy (non-hydrogen) atoms. The first-order valence-electron chi connectivity index (χ1n) is 9.17. The molecule has 4 rings (SSSR count). The third-order valence-electron chi connectivity index (χ3n) is 5.71. The van der Waals surface area contributed by atoms with Crippen molar-refractivity contribution in [1.29, 1.82) is 0 Å². The quantitative estimate of drug-likeness (QED) is 0.774. The molecule has 1 fully saturated rings. The fourth-order valence-electron chi connectivity index (χ4n) is 4.36. The van der Waals surface area contributed by atoms with Crippen LogP contribution in [0.4, 0.5) is 5.95 Å². The first kappa shape index (κ1) is 18.8. The zero-order valence-corrected chi connectivity index (χ0v) is 16.4. The lowest BCUT2D eigenvalue weighted by Gasteiger charge is -2.39. The summed E-state index contributed by atoms with van der Waals surface area (Å²) in [7, 11) is -2.63. The second-order valence-electron chi connectivity index (χ2n) is 7.31. The Labute approximate surface area is 163 Å². The van der Waals surface area contributed by atoms with E-state index in [0.717, 1.165) is 30.5 Å². The minimum absolute atomic E-state index is 0.0284. The fraction of sp³-hybridized carbons (Fsp3) is 0.421. The van der Waals surface area contributed by atoms with Gasteiger partial charge in [-0.3, -0.25) is 0 Å². The van der Waals surface area contributed by atoms with Gasteiger partial charge in [-0.15, -0.1) is 0 Å². The van der Waals surface area contributed by atoms with Crippen molar-refractivity contribution in [3.63, 3.8) is 0 Å². The van der Waals surface area contributed by atoms with E-state index in [4.69, 9.17) is 10.5 Å². The van der Waals surface area contributed by atoms with Crippen LogP contribution in [0, 0.1) is 0 Å². The van der Waals surface area contributed by atoms with E-state index in [1.807, 2.05) is 0 Å². The number of esters is 1. The van der Waals surface area contributed by atoms with E-state index >= 15 is 0 Å². The number of fused-ring (bicyclic) bond motifs is 2. The third kappa shape index (κ3) is 2.94. The number of carbonyl (C=O) groups is 1. The number of anilines is 1. The summed E-state index contributed by atoms with van der Waals surface area (Å²) in [6, 6.07) is 6.15. The monoisotopic (exact) mass is 402 g/mol. The highest BCUT2D eigenvalue weighted by Gasteiger charge is 2.46. The van der Waals surface area contributed by atoms with Gasteiger partial charge in [-0.05, 0) is 43.4 Å². The molecule has 1 aromatic heterocycles. The van der Waals surface area contributed by atoms with E-state index in [9.17, 15) is 13.2 Å².